The second-order valence-corrected chi connectivity index (χ2v) is 8.31. The standard InChI is InChI=1S/C31H32O4/c1-4-23-19-28(26-14-10-24(11-15-26)9-7-8-18-34-30(32)5-2)21-29(20-23)27-16-12-25(13-17-27)22-35-31(33)6-3/h5-6,10-17,19-21H,2-4,7-9,18,22H2,1H3. The van der Waals surface area contributed by atoms with E-state index >= 15 is 0 Å². The molecule has 0 saturated heterocycles. The summed E-state index contributed by atoms with van der Waals surface area (Å²) in [5, 5.41) is 0. The summed E-state index contributed by atoms with van der Waals surface area (Å²) in [7, 11) is 0. The van der Waals surface area contributed by atoms with Crippen molar-refractivity contribution in [3.63, 3.8) is 0 Å². The van der Waals surface area contributed by atoms with Gasteiger partial charge in [-0.2, -0.15) is 0 Å². The third-order valence-electron chi connectivity index (χ3n) is 5.79. The predicted molar refractivity (Wildman–Crippen MR) is 141 cm³/mol. The van der Waals surface area contributed by atoms with Crippen molar-refractivity contribution in [3.05, 3.63) is 109 Å². The number of carbonyl (C=O) groups is 2. The van der Waals surface area contributed by atoms with Crippen LogP contribution < -0.4 is 0 Å². The Bertz CT molecular complexity index is 1160. The number of aryl methyl sites for hydroxylation is 2. The number of ether oxygens (including phenoxy) is 2. The van der Waals surface area contributed by atoms with Gasteiger partial charge >= 0.3 is 11.9 Å². The van der Waals surface area contributed by atoms with Crippen molar-refractivity contribution in [1.29, 1.82) is 0 Å². The van der Waals surface area contributed by atoms with E-state index < -0.39 is 5.97 Å². The first-order valence-electron chi connectivity index (χ1n) is 11.9. The molecule has 3 aromatic carbocycles. The number of hydrogen-bond acceptors (Lipinski definition) is 4. The molecule has 0 saturated carbocycles. The number of rotatable bonds is 12. The highest BCUT2D eigenvalue weighted by atomic mass is 16.5. The molecule has 0 aliphatic rings. The minimum Gasteiger partial charge on any atom is -0.463 e. The van der Waals surface area contributed by atoms with Crippen molar-refractivity contribution in [1.82, 2.24) is 0 Å². The van der Waals surface area contributed by atoms with Gasteiger partial charge in [-0.1, -0.05) is 80.7 Å². The Kier molecular flexibility index (Phi) is 9.61. The van der Waals surface area contributed by atoms with Crippen LogP contribution in [-0.2, 0) is 38.5 Å². The van der Waals surface area contributed by atoms with Gasteiger partial charge in [-0.25, -0.2) is 9.59 Å². The second kappa shape index (κ2) is 13.1. The highest BCUT2D eigenvalue weighted by molar-refractivity contribution is 5.81. The summed E-state index contributed by atoms with van der Waals surface area (Å²) in [5.74, 6) is -0.789. The molecule has 0 amide bonds. The van der Waals surface area contributed by atoms with Gasteiger partial charge in [0.25, 0.3) is 0 Å². The number of carbonyl (C=O) groups excluding carboxylic acids is 2. The van der Waals surface area contributed by atoms with Crippen molar-refractivity contribution in [3.8, 4) is 22.3 Å². The van der Waals surface area contributed by atoms with Gasteiger partial charge in [-0.3, -0.25) is 0 Å². The Hall–Kier alpha value is -3.92. The van der Waals surface area contributed by atoms with Gasteiger partial charge in [-0.05, 0) is 70.7 Å². The first-order valence-corrected chi connectivity index (χ1v) is 11.9. The van der Waals surface area contributed by atoms with Gasteiger partial charge in [0.05, 0.1) is 6.61 Å². The van der Waals surface area contributed by atoms with Gasteiger partial charge in [0.2, 0.25) is 0 Å². The van der Waals surface area contributed by atoms with Gasteiger partial charge in [-0.15, -0.1) is 0 Å². The molecule has 0 aromatic heterocycles. The lowest BCUT2D eigenvalue weighted by atomic mass is 9.94. The normalized spacial score (nSPS) is 10.4. The molecule has 0 aliphatic heterocycles. The molecule has 4 nitrogen and oxygen atoms in total. The summed E-state index contributed by atoms with van der Waals surface area (Å²) >= 11 is 0. The molecule has 0 heterocycles. The van der Waals surface area contributed by atoms with E-state index in [4.69, 9.17) is 9.47 Å². The van der Waals surface area contributed by atoms with E-state index in [2.05, 4.69) is 74.7 Å². The molecular formula is C31H32O4. The van der Waals surface area contributed by atoms with Crippen LogP contribution in [0.1, 0.15) is 36.5 Å². The molecule has 0 radical (unpaired) electrons. The summed E-state index contributed by atoms with van der Waals surface area (Å²) in [6.07, 6.45) is 6.05. The Morgan fingerprint density at radius 2 is 1.23 bits per heavy atom. The SMILES string of the molecule is C=CC(=O)OCCCCc1ccc(-c2cc(CC)cc(-c3ccc(COC(=O)C=C)cc3)c2)cc1. The predicted octanol–water partition coefficient (Wildman–Crippen LogP) is 6.86. The van der Waals surface area contributed by atoms with E-state index in [9.17, 15) is 9.59 Å². The third kappa shape index (κ3) is 7.82. The summed E-state index contributed by atoms with van der Waals surface area (Å²) in [4.78, 5) is 22.4. The van der Waals surface area contributed by atoms with Crippen LogP contribution in [-0.4, -0.2) is 18.5 Å². The van der Waals surface area contributed by atoms with Gasteiger partial charge < -0.3 is 9.47 Å². The fourth-order valence-electron chi connectivity index (χ4n) is 3.76. The number of unbranched alkanes of at least 4 members (excludes halogenated alkanes) is 1. The zero-order chi connectivity index (χ0) is 25.0. The Morgan fingerprint density at radius 3 is 1.77 bits per heavy atom. The van der Waals surface area contributed by atoms with E-state index in [1.165, 1.54) is 34.4 Å². The van der Waals surface area contributed by atoms with Crippen LogP contribution in [0.2, 0.25) is 0 Å². The maximum Gasteiger partial charge on any atom is 0.330 e. The van der Waals surface area contributed by atoms with Crippen LogP contribution in [0.25, 0.3) is 22.3 Å². The molecule has 0 atom stereocenters. The number of benzene rings is 3. The molecule has 0 aliphatic carbocycles. The van der Waals surface area contributed by atoms with Crippen molar-refractivity contribution in [2.24, 2.45) is 0 Å². The molecule has 180 valence electrons. The van der Waals surface area contributed by atoms with Crippen molar-refractivity contribution in [2.75, 3.05) is 6.61 Å². The first kappa shape index (κ1) is 25.7. The molecule has 0 spiro atoms. The first-order chi connectivity index (χ1) is 17.0. The van der Waals surface area contributed by atoms with Gasteiger partial charge in [0.1, 0.15) is 6.61 Å². The molecule has 0 unspecified atom stereocenters. The molecule has 4 heteroatoms. The lowest BCUT2D eigenvalue weighted by Crippen LogP contribution is -2.02. The minimum atomic E-state index is -0.422. The molecule has 0 N–H and O–H groups in total. The second-order valence-electron chi connectivity index (χ2n) is 8.31. The van der Waals surface area contributed by atoms with E-state index in [1.807, 2.05) is 12.1 Å². The summed E-state index contributed by atoms with van der Waals surface area (Å²) in [5.41, 5.74) is 8.12. The number of esters is 2. The average Bonchev–Trinajstić information content (AvgIpc) is 2.91. The fourth-order valence-corrected chi connectivity index (χ4v) is 3.76. The smallest absolute Gasteiger partial charge is 0.330 e. The summed E-state index contributed by atoms with van der Waals surface area (Å²) in [6.45, 7) is 9.64. The Labute approximate surface area is 207 Å². The minimum absolute atomic E-state index is 0.234. The number of hydrogen-bond donors (Lipinski definition) is 0. The quantitative estimate of drug-likeness (QED) is 0.165. The van der Waals surface area contributed by atoms with Crippen LogP contribution in [0.4, 0.5) is 0 Å². The highest BCUT2D eigenvalue weighted by Gasteiger charge is 2.07. The average molecular weight is 469 g/mol. The van der Waals surface area contributed by atoms with Gasteiger partial charge in [0.15, 0.2) is 0 Å². The van der Waals surface area contributed by atoms with Gasteiger partial charge in [0, 0.05) is 12.2 Å². The van der Waals surface area contributed by atoms with Crippen LogP contribution in [0.3, 0.4) is 0 Å². The van der Waals surface area contributed by atoms with Crippen molar-refractivity contribution < 1.29 is 19.1 Å². The largest absolute Gasteiger partial charge is 0.463 e. The summed E-state index contributed by atoms with van der Waals surface area (Å²) in [6, 6.07) is 23.5. The van der Waals surface area contributed by atoms with E-state index in [1.54, 1.807) is 0 Å². The highest BCUT2D eigenvalue weighted by Crippen LogP contribution is 2.29. The van der Waals surface area contributed by atoms with Crippen LogP contribution in [0.5, 0.6) is 0 Å². The zero-order valence-corrected chi connectivity index (χ0v) is 20.3. The Morgan fingerprint density at radius 1 is 0.686 bits per heavy atom. The Balaban J connectivity index is 1.68. The van der Waals surface area contributed by atoms with Crippen LogP contribution >= 0.6 is 0 Å². The van der Waals surface area contributed by atoms with Crippen molar-refractivity contribution >= 4 is 11.9 Å². The molecule has 0 fully saturated rings. The molecule has 3 aromatic rings. The van der Waals surface area contributed by atoms with Crippen LogP contribution in [0, 0.1) is 0 Å². The van der Waals surface area contributed by atoms with E-state index in [0.717, 1.165) is 42.4 Å². The topological polar surface area (TPSA) is 52.6 Å². The lowest BCUT2D eigenvalue weighted by molar-refractivity contribution is -0.139. The maximum atomic E-state index is 11.3. The molecular weight excluding hydrogens is 436 g/mol. The summed E-state index contributed by atoms with van der Waals surface area (Å²) < 4.78 is 10.1. The zero-order valence-electron chi connectivity index (χ0n) is 20.3. The van der Waals surface area contributed by atoms with Crippen LogP contribution in [0.15, 0.2) is 92.0 Å². The fraction of sp³-hybridized carbons (Fsp3) is 0.226. The molecule has 3 rings (SSSR count). The lowest BCUT2D eigenvalue weighted by Gasteiger charge is -2.11. The van der Waals surface area contributed by atoms with Crippen molar-refractivity contribution in [2.45, 2.75) is 39.2 Å². The van der Waals surface area contributed by atoms with E-state index in [-0.39, 0.29) is 12.6 Å². The van der Waals surface area contributed by atoms with E-state index in [0.29, 0.717) is 6.61 Å². The maximum absolute atomic E-state index is 11.3. The molecule has 35 heavy (non-hydrogen) atoms. The third-order valence-corrected chi connectivity index (χ3v) is 5.79. The monoisotopic (exact) mass is 468 g/mol. The molecule has 0 bridgehead atoms.